The molecule has 0 unspecified atom stereocenters. The lowest BCUT2D eigenvalue weighted by atomic mass is 9.80. The SMILES string of the molecule is C[C@H](N)C(=O)N1CCC(C)(C(=O)O)CC1. The number of carbonyl (C=O) groups excluding carboxylic acids is 1. The highest BCUT2D eigenvalue weighted by atomic mass is 16.4. The molecular formula is C10H18N2O3. The van der Waals surface area contributed by atoms with E-state index >= 15 is 0 Å². The summed E-state index contributed by atoms with van der Waals surface area (Å²) in [4.78, 5) is 24.1. The summed E-state index contributed by atoms with van der Waals surface area (Å²) in [5.74, 6) is -0.877. The first-order chi connectivity index (χ1) is 6.87. The number of carboxylic acid groups (broad SMARTS) is 1. The Kier molecular flexibility index (Phi) is 3.34. The van der Waals surface area contributed by atoms with Crippen LogP contribution in [0.5, 0.6) is 0 Å². The van der Waals surface area contributed by atoms with Gasteiger partial charge in [-0.3, -0.25) is 9.59 Å². The summed E-state index contributed by atoms with van der Waals surface area (Å²) in [5, 5.41) is 9.00. The topological polar surface area (TPSA) is 83.6 Å². The van der Waals surface area contributed by atoms with Crippen LogP contribution in [0.2, 0.25) is 0 Å². The number of nitrogens with two attached hydrogens (primary N) is 1. The van der Waals surface area contributed by atoms with Gasteiger partial charge in [0.25, 0.3) is 0 Å². The maximum atomic E-state index is 11.5. The minimum atomic E-state index is -0.782. The van der Waals surface area contributed by atoms with Crippen molar-refractivity contribution in [3.05, 3.63) is 0 Å². The van der Waals surface area contributed by atoms with Gasteiger partial charge in [0.1, 0.15) is 0 Å². The highest BCUT2D eigenvalue weighted by Crippen LogP contribution is 2.31. The molecule has 0 radical (unpaired) electrons. The normalized spacial score (nSPS) is 22.2. The van der Waals surface area contributed by atoms with Gasteiger partial charge in [0.2, 0.25) is 5.91 Å². The van der Waals surface area contributed by atoms with Crippen LogP contribution in [0.4, 0.5) is 0 Å². The second-order valence-electron chi connectivity index (χ2n) is 4.48. The van der Waals surface area contributed by atoms with Crippen molar-refractivity contribution in [2.24, 2.45) is 11.1 Å². The van der Waals surface area contributed by atoms with Crippen LogP contribution in [0.25, 0.3) is 0 Å². The van der Waals surface area contributed by atoms with Crippen molar-refractivity contribution in [2.45, 2.75) is 32.7 Å². The van der Waals surface area contributed by atoms with Crippen molar-refractivity contribution < 1.29 is 14.7 Å². The summed E-state index contributed by atoms with van der Waals surface area (Å²) in [6.45, 7) is 4.35. The molecule has 1 aliphatic rings. The molecule has 1 amide bonds. The predicted octanol–water partition coefficient (Wildman–Crippen LogP) is 0.0469. The predicted molar refractivity (Wildman–Crippen MR) is 55.2 cm³/mol. The van der Waals surface area contributed by atoms with Gasteiger partial charge in [0, 0.05) is 13.1 Å². The number of rotatable bonds is 2. The Balaban J connectivity index is 2.56. The molecule has 1 aliphatic heterocycles. The number of nitrogens with zero attached hydrogens (tertiary/aromatic N) is 1. The molecule has 1 fully saturated rings. The van der Waals surface area contributed by atoms with Gasteiger partial charge in [0.05, 0.1) is 11.5 Å². The van der Waals surface area contributed by atoms with Crippen molar-refractivity contribution in [3.63, 3.8) is 0 Å². The van der Waals surface area contributed by atoms with E-state index in [1.807, 2.05) is 0 Å². The van der Waals surface area contributed by atoms with E-state index in [0.29, 0.717) is 25.9 Å². The minimum absolute atomic E-state index is 0.0950. The van der Waals surface area contributed by atoms with E-state index in [2.05, 4.69) is 0 Å². The van der Waals surface area contributed by atoms with Gasteiger partial charge in [-0.15, -0.1) is 0 Å². The van der Waals surface area contributed by atoms with Crippen LogP contribution in [0, 0.1) is 5.41 Å². The van der Waals surface area contributed by atoms with Crippen LogP contribution in [0.15, 0.2) is 0 Å². The first kappa shape index (κ1) is 12.0. The molecule has 0 spiro atoms. The number of carbonyl (C=O) groups is 2. The third-order valence-corrected chi connectivity index (χ3v) is 3.08. The zero-order chi connectivity index (χ0) is 11.6. The maximum absolute atomic E-state index is 11.5. The van der Waals surface area contributed by atoms with Gasteiger partial charge in [-0.2, -0.15) is 0 Å². The highest BCUT2D eigenvalue weighted by molar-refractivity contribution is 5.82. The molecule has 0 aromatic carbocycles. The summed E-state index contributed by atoms with van der Waals surface area (Å²) in [5.41, 5.74) is 4.80. The Hall–Kier alpha value is -1.10. The van der Waals surface area contributed by atoms with E-state index in [0.717, 1.165) is 0 Å². The fourth-order valence-corrected chi connectivity index (χ4v) is 1.72. The van der Waals surface area contributed by atoms with Crippen LogP contribution in [0.1, 0.15) is 26.7 Å². The van der Waals surface area contributed by atoms with Crippen molar-refractivity contribution in [1.29, 1.82) is 0 Å². The first-order valence-corrected chi connectivity index (χ1v) is 5.14. The molecule has 0 saturated carbocycles. The van der Waals surface area contributed by atoms with Gasteiger partial charge < -0.3 is 15.7 Å². The van der Waals surface area contributed by atoms with Gasteiger partial charge in [0.15, 0.2) is 0 Å². The number of amides is 1. The average Bonchev–Trinajstić information content (AvgIpc) is 2.17. The van der Waals surface area contributed by atoms with Crippen molar-refractivity contribution in [2.75, 3.05) is 13.1 Å². The molecular weight excluding hydrogens is 196 g/mol. The molecule has 0 aromatic heterocycles. The standard InChI is InChI=1S/C10H18N2O3/c1-7(11)8(13)12-5-3-10(2,4-6-12)9(14)15/h7H,3-6,11H2,1-2H3,(H,14,15)/t7-/m0/s1. The third kappa shape index (κ3) is 2.47. The lowest BCUT2D eigenvalue weighted by molar-refractivity contribution is -0.153. The zero-order valence-electron chi connectivity index (χ0n) is 9.19. The fourth-order valence-electron chi connectivity index (χ4n) is 1.72. The second-order valence-corrected chi connectivity index (χ2v) is 4.48. The summed E-state index contributed by atoms with van der Waals surface area (Å²) in [7, 11) is 0. The molecule has 0 aromatic rings. The minimum Gasteiger partial charge on any atom is -0.481 e. The molecule has 0 aliphatic carbocycles. The number of hydrogen-bond acceptors (Lipinski definition) is 3. The van der Waals surface area contributed by atoms with Crippen LogP contribution in [-0.2, 0) is 9.59 Å². The van der Waals surface area contributed by atoms with E-state index in [4.69, 9.17) is 10.8 Å². The highest BCUT2D eigenvalue weighted by Gasteiger charge is 2.38. The Bertz CT molecular complexity index is 268. The molecule has 5 nitrogen and oxygen atoms in total. The molecule has 15 heavy (non-hydrogen) atoms. The van der Waals surface area contributed by atoms with Gasteiger partial charge in [-0.25, -0.2) is 0 Å². The lowest BCUT2D eigenvalue weighted by Gasteiger charge is -2.37. The van der Waals surface area contributed by atoms with Crippen molar-refractivity contribution in [3.8, 4) is 0 Å². The Morgan fingerprint density at radius 3 is 2.20 bits per heavy atom. The first-order valence-electron chi connectivity index (χ1n) is 5.14. The molecule has 0 bridgehead atoms. The summed E-state index contributed by atoms with van der Waals surface area (Å²) >= 11 is 0. The quantitative estimate of drug-likeness (QED) is 0.680. The molecule has 5 heteroatoms. The molecule has 1 heterocycles. The van der Waals surface area contributed by atoms with Crippen LogP contribution in [0.3, 0.4) is 0 Å². The maximum Gasteiger partial charge on any atom is 0.309 e. The Morgan fingerprint density at radius 2 is 1.87 bits per heavy atom. The summed E-state index contributed by atoms with van der Waals surface area (Å²) < 4.78 is 0. The van der Waals surface area contributed by atoms with Crippen molar-refractivity contribution in [1.82, 2.24) is 4.90 Å². The number of hydrogen-bond donors (Lipinski definition) is 2. The molecule has 3 N–H and O–H groups in total. The van der Waals surface area contributed by atoms with Crippen molar-refractivity contribution >= 4 is 11.9 Å². The van der Waals surface area contributed by atoms with E-state index in [1.54, 1.807) is 18.7 Å². The van der Waals surface area contributed by atoms with Gasteiger partial charge in [-0.1, -0.05) is 0 Å². The number of piperidine rings is 1. The molecule has 1 atom stereocenters. The van der Waals surface area contributed by atoms with Gasteiger partial charge in [-0.05, 0) is 26.7 Å². The van der Waals surface area contributed by atoms with Crippen LogP contribution in [-0.4, -0.2) is 41.0 Å². The van der Waals surface area contributed by atoms with E-state index in [1.165, 1.54) is 0 Å². The molecule has 86 valence electrons. The van der Waals surface area contributed by atoms with Gasteiger partial charge >= 0.3 is 5.97 Å². The van der Waals surface area contributed by atoms with Crippen LogP contribution < -0.4 is 5.73 Å². The summed E-state index contributed by atoms with van der Waals surface area (Å²) in [6.07, 6.45) is 1.00. The van der Waals surface area contributed by atoms with E-state index in [9.17, 15) is 9.59 Å². The third-order valence-electron chi connectivity index (χ3n) is 3.08. The van der Waals surface area contributed by atoms with Crippen LogP contribution >= 0.6 is 0 Å². The number of likely N-dealkylation sites (tertiary alicyclic amines) is 1. The smallest absolute Gasteiger partial charge is 0.309 e. The number of carboxylic acids is 1. The Morgan fingerprint density at radius 1 is 1.40 bits per heavy atom. The second kappa shape index (κ2) is 4.18. The summed E-state index contributed by atoms with van der Waals surface area (Å²) in [6, 6.07) is -0.501. The average molecular weight is 214 g/mol. The fraction of sp³-hybridized carbons (Fsp3) is 0.800. The van der Waals surface area contributed by atoms with E-state index < -0.39 is 17.4 Å². The van der Waals surface area contributed by atoms with E-state index in [-0.39, 0.29) is 5.91 Å². The zero-order valence-corrected chi connectivity index (χ0v) is 9.19. The largest absolute Gasteiger partial charge is 0.481 e. The Labute approximate surface area is 89.2 Å². The lowest BCUT2D eigenvalue weighted by Crippen LogP contribution is -2.49. The molecule has 1 saturated heterocycles. The molecule has 1 rings (SSSR count). The monoisotopic (exact) mass is 214 g/mol. The number of aliphatic carboxylic acids is 1.